The summed E-state index contributed by atoms with van der Waals surface area (Å²) in [5.74, 6) is 0.0393. The molecule has 37 heavy (non-hydrogen) atoms. The Bertz CT molecular complexity index is 1230. The van der Waals surface area contributed by atoms with Gasteiger partial charge in [0.15, 0.2) is 0 Å². The quantitative estimate of drug-likeness (QED) is 0.106. The Morgan fingerprint density at radius 1 is 0.892 bits per heavy atom. The van der Waals surface area contributed by atoms with Crippen LogP contribution in [0.3, 0.4) is 0 Å². The van der Waals surface area contributed by atoms with Crippen LogP contribution in [0.25, 0.3) is 12.2 Å². The number of ether oxygens (including phenoxy) is 1. The van der Waals surface area contributed by atoms with Crippen LogP contribution in [0.1, 0.15) is 47.2 Å². The van der Waals surface area contributed by atoms with Gasteiger partial charge in [-0.05, 0) is 79.1 Å². The minimum absolute atomic E-state index is 0.0191. The third-order valence-corrected chi connectivity index (χ3v) is 7.11. The fourth-order valence-electron chi connectivity index (χ4n) is 4.31. The molecule has 190 valence electrons. The second-order valence-corrected chi connectivity index (χ2v) is 10.1. The molecule has 0 N–H and O–H groups in total. The van der Waals surface area contributed by atoms with Gasteiger partial charge in [0.05, 0.1) is 17.1 Å². The molecule has 0 bridgehead atoms. The fraction of sp³-hybridized carbons (Fsp3) is 0.233. The maximum Gasteiger partial charge on any atom is 0.338 e. The van der Waals surface area contributed by atoms with Crippen LogP contribution in [-0.2, 0) is 4.74 Å². The van der Waals surface area contributed by atoms with Crippen molar-refractivity contribution in [3.8, 4) is 0 Å². The number of nitro benzene ring substituents is 1. The van der Waals surface area contributed by atoms with Crippen LogP contribution in [0.5, 0.6) is 0 Å². The summed E-state index contributed by atoms with van der Waals surface area (Å²) in [4.78, 5) is 22.4. The second-order valence-electron chi connectivity index (χ2n) is 9.22. The zero-order valence-corrected chi connectivity index (χ0v) is 21.7. The van der Waals surface area contributed by atoms with E-state index in [1.165, 1.54) is 24.3 Å². The van der Waals surface area contributed by atoms with E-state index in [9.17, 15) is 14.9 Å². The van der Waals surface area contributed by atoms with Gasteiger partial charge in [0.25, 0.3) is 5.69 Å². The van der Waals surface area contributed by atoms with Crippen LogP contribution in [0.2, 0.25) is 10.0 Å². The Morgan fingerprint density at radius 2 is 1.43 bits per heavy atom. The minimum Gasteiger partial charge on any atom is -0.462 e. The SMILES string of the molecule is O=C(OCCCC[C@H]1CC1(/C=C/c1ccc(Cl)cc1)/C=C/c1ccc(Cl)cc1)c1ccc([N+](=O)[O-])cc1. The van der Waals surface area contributed by atoms with Gasteiger partial charge in [-0.15, -0.1) is 0 Å². The van der Waals surface area contributed by atoms with E-state index in [1.807, 2.05) is 48.5 Å². The molecule has 0 aliphatic heterocycles. The summed E-state index contributed by atoms with van der Waals surface area (Å²) in [7, 11) is 0. The van der Waals surface area contributed by atoms with Crippen LogP contribution in [0.15, 0.2) is 84.9 Å². The first-order valence-electron chi connectivity index (χ1n) is 12.2. The molecular weight excluding hydrogens is 509 g/mol. The zero-order valence-electron chi connectivity index (χ0n) is 20.2. The number of unbranched alkanes of at least 4 members (excludes halogenated alkanes) is 1. The smallest absolute Gasteiger partial charge is 0.338 e. The van der Waals surface area contributed by atoms with E-state index in [0.29, 0.717) is 28.1 Å². The highest BCUT2D eigenvalue weighted by molar-refractivity contribution is 6.30. The molecule has 3 aromatic rings. The Morgan fingerprint density at radius 3 is 1.95 bits per heavy atom. The minimum atomic E-state index is -0.498. The number of nitro groups is 1. The van der Waals surface area contributed by atoms with Crippen LogP contribution in [0, 0.1) is 21.4 Å². The number of carbonyl (C=O) groups excluding carboxylic acids is 1. The zero-order chi connectivity index (χ0) is 26.3. The van der Waals surface area contributed by atoms with E-state index in [0.717, 1.165) is 36.8 Å². The van der Waals surface area contributed by atoms with Crippen molar-refractivity contribution in [1.82, 2.24) is 0 Å². The molecule has 4 rings (SSSR count). The molecule has 0 spiro atoms. The number of esters is 1. The van der Waals surface area contributed by atoms with E-state index < -0.39 is 10.9 Å². The summed E-state index contributed by atoms with van der Waals surface area (Å²) in [5.41, 5.74) is 2.44. The van der Waals surface area contributed by atoms with Gasteiger partial charge < -0.3 is 4.74 Å². The lowest BCUT2D eigenvalue weighted by Gasteiger charge is -2.09. The summed E-state index contributed by atoms with van der Waals surface area (Å²) in [5, 5.41) is 12.2. The number of nitrogens with zero attached hydrogens (tertiary/aromatic N) is 1. The van der Waals surface area contributed by atoms with Crippen LogP contribution < -0.4 is 0 Å². The number of allylic oxidation sites excluding steroid dienone is 2. The van der Waals surface area contributed by atoms with Gasteiger partial charge >= 0.3 is 5.97 Å². The number of benzene rings is 3. The highest BCUT2D eigenvalue weighted by Gasteiger charge is 2.49. The van der Waals surface area contributed by atoms with E-state index in [2.05, 4.69) is 24.3 Å². The summed E-state index contributed by atoms with van der Waals surface area (Å²) in [6.07, 6.45) is 12.6. The standard InChI is InChI=1S/C30H27Cl2NO4/c31-26-10-4-22(5-11-26)16-18-30(19-17-23-6-12-27(32)13-7-23)21-25(30)3-1-2-20-37-29(34)24-8-14-28(15-9-24)33(35)36/h4-19,25H,1-3,20-21H2/b18-16+,19-17+/t25-/m0/s1. The van der Waals surface area contributed by atoms with Crippen molar-refractivity contribution < 1.29 is 14.5 Å². The van der Waals surface area contributed by atoms with Gasteiger partial charge in [0, 0.05) is 27.6 Å². The molecule has 1 aliphatic carbocycles. The molecule has 1 saturated carbocycles. The molecule has 0 radical (unpaired) electrons. The van der Waals surface area contributed by atoms with E-state index in [4.69, 9.17) is 27.9 Å². The lowest BCUT2D eigenvalue weighted by atomic mass is 9.97. The van der Waals surface area contributed by atoms with Crippen molar-refractivity contribution in [3.63, 3.8) is 0 Å². The first kappa shape index (κ1) is 26.6. The predicted molar refractivity (Wildman–Crippen MR) is 149 cm³/mol. The van der Waals surface area contributed by atoms with Crippen LogP contribution in [0.4, 0.5) is 5.69 Å². The molecule has 3 aromatic carbocycles. The predicted octanol–water partition coefficient (Wildman–Crippen LogP) is 8.66. The van der Waals surface area contributed by atoms with Gasteiger partial charge in [-0.3, -0.25) is 10.1 Å². The van der Waals surface area contributed by atoms with E-state index >= 15 is 0 Å². The first-order valence-corrected chi connectivity index (χ1v) is 12.9. The van der Waals surface area contributed by atoms with Crippen molar-refractivity contribution >= 4 is 47.0 Å². The van der Waals surface area contributed by atoms with E-state index in [-0.39, 0.29) is 11.1 Å². The number of non-ortho nitro benzene ring substituents is 1. The van der Waals surface area contributed by atoms with Gasteiger partial charge in [0.1, 0.15) is 0 Å². The highest BCUT2D eigenvalue weighted by Crippen LogP contribution is 2.58. The molecule has 0 amide bonds. The topological polar surface area (TPSA) is 69.4 Å². The molecule has 0 aromatic heterocycles. The Kier molecular flexibility index (Phi) is 8.80. The molecular formula is C30H27Cl2NO4. The Balaban J connectivity index is 1.30. The normalized spacial score (nSPS) is 16.2. The summed E-state index contributed by atoms with van der Waals surface area (Å²) in [6.45, 7) is 0.316. The van der Waals surface area contributed by atoms with Gasteiger partial charge in [-0.2, -0.15) is 0 Å². The first-order chi connectivity index (χ1) is 17.8. The molecule has 5 nitrogen and oxygen atoms in total. The van der Waals surface area contributed by atoms with Crippen molar-refractivity contribution in [1.29, 1.82) is 0 Å². The van der Waals surface area contributed by atoms with Gasteiger partial charge in [-0.1, -0.05) is 71.8 Å². The molecule has 0 saturated heterocycles. The lowest BCUT2D eigenvalue weighted by Crippen LogP contribution is -2.06. The third-order valence-electron chi connectivity index (χ3n) is 6.61. The number of halogens is 2. The van der Waals surface area contributed by atoms with Gasteiger partial charge in [-0.25, -0.2) is 4.79 Å². The maximum atomic E-state index is 12.2. The van der Waals surface area contributed by atoms with E-state index in [1.54, 1.807) is 0 Å². The Labute approximate surface area is 226 Å². The summed E-state index contributed by atoms with van der Waals surface area (Å²) < 4.78 is 5.35. The fourth-order valence-corrected chi connectivity index (χ4v) is 4.57. The summed E-state index contributed by atoms with van der Waals surface area (Å²) in [6, 6.07) is 21.0. The average molecular weight is 536 g/mol. The number of carbonyl (C=O) groups is 1. The second kappa shape index (κ2) is 12.2. The summed E-state index contributed by atoms with van der Waals surface area (Å²) >= 11 is 12.0. The molecule has 0 heterocycles. The molecule has 7 heteroatoms. The number of hydrogen-bond acceptors (Lipinski definition) is 4. The van der Waals surface area contributed by atoms with Crippen molar-refractivity contribution in [3.05, 3.63) is 122 Å². The molecule has 1 fully saturated rings. The van der Waals surface area contributed by atoms with Crippen molar-refractivity contribution in [2.75, 3.05) is 6.61 Å². The third kappa shape index (κ3) is 7.54. The van der Waals surface area contributed by atoms with Crippen LogP contribution in [-0.4, -0.2) is 17.5 Å². The maximum absolute atomic E-state index is 12.2. The molecule has 0 unspecified atom stereocenters. The lowest BCUT2D eigenvalue weighted by molar-refractivity contribution is -0.384. The number of rotatable bonds is 11. The highest BCUT2D eigenvalue weighted by atomic mass is 35.5. The monoisotopic (exact) mass is 535 g/mol. The van der Waals surface area contributed by atoms with Crippen LogP contribution >= 0.6 is 23.2 Å². The van der Waals surface area contributed by atoms with Crippen molar-refractivity contribution in [2.45, 2.75) is 25.7 Å². The molecule has 1 aliphatic rings. The van der Waals surface area contributed by atoms with Gasteiger partial charge in [0.2, 0.25) is 0 Å². The number of hydrogen-bond donors (Lipinski definition) is 0. The molecule has 1 atom stereocenters. The largest absolute Gasteiger partial charge is 0.462 e. The average Bonchev–Trinajstić information content (AvgIpc) is 3.60. The van der Waals surface area contributed by atoms with Crippen molar-refractivity contribution in [2.24, 2.45) is 11.3 Å². The Hall–Kier alpha value is -3.41.